The van der Waals surface area contributed by atoms with Crippen molar-refractivity contribution in [2.45, 2.75) is 57.3 Å². The van der Waals surface area contributed by atoms with E-state index in [1.54, 1.807) is 21.3 Å². The van der Waals surface area contributed by atoms with Crippen LogP contribution in [0.5, 0.6) is 11.5 Å². The van der Waals surface area contributed by atoms with Gasteiger partial charge in [0.2, 0.25) is 5.91 Å². The molecule has 7 rings (SSSR count). The molecule has 3 heterocycles. The normalized spacial score (nSPS) is 18.1. The predicted octanol–water partition coefficient (Wildman–Crippen LogP) is 6.83. The number of carbonyl (C=O) groups is 1. The van der Waals surface area contributed by atoms with Gasteiger partial charge in [0, 0.05) is 93.5 Å². The van der Waals surface area contributed by atoms with E-state index in [-0.39, 0.29) is 19.2 Å². The Morgan fingerprint density at radius 1 is 0.894 bits per heavy atom. The lowest BCUT2D eigenvalue weighted by molar-refractivity contribution is -0.138. The number of aromatic nitrogens is 2. The first-order valence-electron chi connectivity index (χ1n) is 16.9. The van der Waals surface area contributed by atoms with Gasteiger partial charge in [0.1, 0.15) is 11.5 Å². The van der Waals surface area contributed by atoms with E-state index < -0.39 is 0 Å². The van der Waals surface area contributed by atoms with Gasteiger partial charge >= 0.3 is 0 Å². The summed E-state index contributed by atoms with van der Waals surface area (Å²) < 4.78 is 21.1. The van der Waals surface area contributed by atoms with Gasteiger partial charge in [0.05, 0.1) is 20.1 Å². The maximum absolute atomic E-state index is 14.7. The number of benzene rings is 3. The third-order valence-corrected chi connectivity index (χ3v) is 10.0. The molecule has 1 amide bonds. The zero-order chi connectivity index (χ0) is 32.3. The number of methoxy groups -OCH3 is 3. The number of nitrogens with zero attached hydrogens (tertiary/aromatic N) is 3. The van der Waals surface area contributed by atoms with E-state index in [1.165, 1.54) is 32.9 Å². The van der Waals surface area contributed by atoms with Gasteiger partial charge in [-0.15, -0.1) is 0 Å². The fourth-order valence-corrected chi connectivity index (χ4v) is 7.53. The summed E-state index contributed by atoms with van der Waals surface area (Å²) in [7, 11) is 5.12. The molecule has 2 atom stereocenters. The number of carbonyl (C=O) groups excluding carboxylic acids is 1. The molecular formula is C39H48N4O4. The summed E-state index contributed by atoms with van der Waals surface area (Å²) in [6, 6.07) is 23.5. The van der Waals surface area contributed by atoms with E-state index in [0.717, 1.165) is 62.4 Å². The number of hydrogen-bond acceptors (Lipinski definition) is 5. The summed E-state index contributed by atoms with van der Waals surface area (Å²) in [5.74, 6) is 1.83. The third kappa shape index (κ3) is 6.49. The maximum atomic E-state index is 14.7. The van der Waals surface area contributed by atoms with Crippen LogP contribution in [0.2, 0.25) is 0 Å². The number of fused-ring (bicyclic) bond motifs is 2. The zero-order valence-electron chi connectivity index (χ0n) is 27.8. The Hall–Kier alpha value is -4.27. The molecule has 0 bridgehead atoms. The van der Waals surface area contributed by atoms with Crippen LogP contribution < -0.4 is 14.8 Å². The highest BCUT2D eigenvalue weighted by atomic mass is 16.5. The summed E-state index contributed by atoms with van der Waals surface area (Å²) in [4.78, 5) is 16.9. The Morgan fingerprint density at radius 2 is 1.60 bits per heavy atom. The number of hydrogen-bond donors (Lipinski definition) is 1. The first-order chi connectivity index (χ1) is 23.1. The van der Waals surface area contributed by atoms with Crippen LogP contribution in [0.1, 0.15) is 49.7 Å². The van der Waals surface area contributed by atoms with Crippen LogP contribution >= 0.6 is 0 Å². The molecule has 8 nitrogen and oxygen atoms in total. The topological polar surface area (TPSA) is 69.9 Å². The highest BCUT2D eigenvalue weighted by Gasteiger charge is 2.41. The molecule has 0 radical (unpaired) electrons. The number of amides is 1. The number of rotatable bonds is 13. The Labute approximate surface area is 278 Å². The van der Waals surface area contributed by atoms with Crippen molar-refractivity contribution in [1.82, 2.24) is 19.4 Å². The van der Waals surface area contributed by atoms with E-state index in [4.69, 9.17) is 14.2 Å². The molecule has 1 N–H and O–H groups in total. The fraction of sp³-hybridized carbons (Fsp3) is 0.410. The van der Waals surface area contributed by atoms with Crippen LogP contribution in [0.4, 0.5) is 0 Å². The van der Waals surface area contributed by atoms with Gasteiger partial charge in [-0.3, -0.25) is 4.79 Å². The van der Waals surface area contributed by atoms with Gasteiger partial charge in [-0.2, -0.15) is 0 Å². The van der Waals surface area contributed by atoms with E-state index in [2.05, 4.69) is 92.4 Å². The molecule has 1 aliphatic carbocycles. The van der Waals surface area contributed by atoms with E-state index in [1.807, 2.05) is 6.07 Å². The van der Waals surface area contributed by atoms with Gasteiger partial charge in [0.25, 0.3) is 0 Å². The van der Waals surface area contributed by atoms with E-state index in [0.29, 0.717) is 25.7 Å². The molecule has 1 aliphatic heterocycles. The van der Waals surface area contributed by atoms with Crippen molar-refractivity contribution in [2.24, 2.45) is 5.92 Å². The lowest BCUT2D eigenvalue weighted by Gasteiger charge is -2.35. The van der Waals surface area contributed by atoms with Crippen molar-refractivity contribution in [3.05, 3.63) is 95.8 Å². The minimum absolute atomic E-state index is 0. The molecule has 0 spiro atoms. The van der Waals surface area contributed by atoms with Crippen molar-refractivity contribution in [3.63, 3.8) is 0 Å². The Balaban J connectivity index is 0.00000401. The Morgan fingerprint density at radius 3 is 2.30 bits per heavy atom. The molecule has 2 aliphatic rings. The van der Waals surface area contributed by atoms with Crippen LogP contribution in [-0.4, -0.2) is 67.0 Å². The number of piperidine rings is 1. The quantitative estimate of drug-likeness (QED) is 0.144. The first kappa shape index (κ1) is 31.3. The predicted molar refractivity (Wildman–Crippen MR) is 188 cm³/mol. The second kappa shape index (κ2) is 13.8. The van der Waals surface area contributed by atoms with Gasteiger partial charge in [0.15, 0.2) is 0 Å². The number of nitrogens with one attached hydrogen (secondary N) is 1. The van der Waals surface area contributed by atoms with Crippen molar-refractivity contribution >= 4 is 27.7 Å². The summed E-state index contributed by atoms with van der Waals surface area (Å²) in [5.41, 5.74) is 5.99. The van der Waals surface area contributed by atoms with Gasteiger partial charge in [-0.25, -0.2) is 0 Å². The Bertz CT molecular complexity index is 1840. The minimum atomic E-state index is -0.129. The van der Waals surface area contributed by atoms with Crippen LogP contribution in [0.25, 0.3) is 21.8 Å². The van der Waals surface area contributed by atoms with Crippen LogP contribution in [0.3, 0.4) is 0 Å². The third-order valence-electron chi connectivity index (χ3n) is 10.0. The molecule has 5 aromatic rings. The second-order valence-electron chi connectivity index (χ2n) is 13.1. The summed E-state index contributed by atoms with van der Waals surface area (Å²) >= 11 is 0. The molecule has 1 saturated heterocycles. The molecule has 1 saturated carbocycles. The fourth-order valence-electron chi connectivity index (χ4n) is 7.53. The van der Waals surface area contributed by atoms with Crippen LogP contribution in [0, 0.1) is 5.92 Å². The lowest BCUT2D eigenvalue weighted by Crippen LogP contribution is -2.47. The summed E-state index contributed by atoms with van der Waals surface area (Å²) in [6.45, 7) is 4.55. The molecule has 47 heavy (non-hydrogen) atoms. The van der Waals surface area contributed by atoms with Crippen molar-refractivity contribution in [2.75, 3.05) is 41.0 Å². The summed E-state index contributed by atoms with van der Waals surface area (Å²) in [5, 5.41) is 6.04. The lowest BCUT2D eigenvalue weighted by atomic mass is 9.80. The Kier molecular flexibility index (Phi) is 9.23. The molecule has 2 fully saturated rings. The van der Waals surface area contributed by atoms with Crippen molar-refractivity contribution < 1.29 is 20.4 Å². The molecule has 8 heteroatoms. The van der Waals surface area contributed by atoms with Gasteiger partial charge < -0.3 is 33.6 Å². The number of ether oxygens (including phenoxy) is 3. The average Bonchev–Trinajstić information content (AvgIpc) is 3.82. The standard InChI is InChI=1S/C39H46N4O4.H2/c1-45-18-8-17-41-24-28(32-9-4-6-11-37(32)41)25-43(29-13-14-29)39(44)35-22-40-16-15-33(35)36-26-42(38-12-7-5-10-34(36)38)23-27-19-30(46-2)21-31(20-27)47-3;/h4-7,9-12,19-21,24,26,29,33,35,40H,8,13-18,22-23,25H2,1-3H3;1H/t33-,35-;/m0./s1. The monoisotopic (exact) mass is 636 g/mol. The van der Waals surface area contributed by atoms with Crippen molar-refractivity contribution in [1.29, 1.82) is 0 Å². The largest absolute Gasteiger partial charge is 0.497 e. The zero-order valence-corrected chi connectivity index (χ0v) is 27.8. The highest BCUT2D eigenvalue weighted by molar-refractivity contribution is 5.88. The van der Waals surface area contributed by atoms with Crippen molar-refractivity contribution in [3.8, 4) is 11.5 Å². The van der Waals surface area contributed by atoms with Crippen LogP contribution in [-0.2, 0) is 29.2 Å². The molecule has 3 aromatic carbocycles. The molecule has 0 unspecified atom stereocenters. The smallest absolute Gasteiger partial charge is 0.228 e. The number of para-hydroxylation sites is 2. The average molecular weight is 637 g/mol. The van der Waals surface area contributed by atoms with E-state index in [9.17, 15) is 4.79 Å². The molecular weight excluding hydrogens is 588 g/mol. The SMILES string of the molecule is COCCCn1cc(CN(C(=O)[C@H]2CNCC[C@@H]2c2cn(Cc3cc(OC)cc(OC)c3)c3ccccc23)C2CC2)c2ccccc21.[HH]. The van der Waals surface area contributed by atoms with Gasteiger partial charge in [-0.1, -0.05) is 36.4 Å². The maximum Gasteiger partial charge on any atom is 0.228 e. The second-order valence-corrected chi connectivity index (χ2v) is 13.1. The first-order valence-corrected chi connectivity index (χ1v) is 16.9. The van der Waals surface area contributed by atoms with Crippen LogP contribution in [0.15, 0.2) is 79.1 Å². The molecule has 248 valence electrons. The van der Waals surface area contributed by atoms with Gasteiger partial charge in [-0.05, 0) is 73.2 Å². The molecule has 2 aromatic heterocycles. The number of aryl methyl sites for hydroxylation is 1. The van der Waals surface area contributed by atoms with E-state index >= 15 is 0 Å². The minimum Gasteiger partial charge on any atom is -0.497 e. The highest BCUT2D eigenvalue weighted by Crippen LogP contribution is 2.40. The summed E-state index contributed by atoms with van der Waals surface area (Å²) in [6.07, 6.45) is 8.59.